The Morgan fingerprint density at radius 1 is 0.926 bits per heavy atom. The number of carboxylic acids is 2. The van der Waals surface area contributed by atoms with Crippen molar-refractivity contribution in [2.24, 2.45) is 0 Å². The molecule has 5 heteroatoms. The molecule has 0 saturated heterocycles. The van der Waals surface area contributed by atoms with E-state index in [0.717, 1.165) is 29.7 Å². The highest BCUT2D eigenvalue weighted by Crippen LogP contribution is 2.26. The third kappa shape index (κ3) is 3.92. The van der Waals surface area contributed by atoms with Gasteiger partial charge in [0.15, 0.2) is 0 Å². The van der Waals surface area contributed by atoms with Gasteiger partial charge in [0, 0.05) is 12.2 Å². The van der Waals surface area contributed by atoms with E-state index < -0.39 is 11.9 Å². The van der Waals surface area contributed by atoms with E-state index in [9.17, 15) is 19.8 Å². The minimum absolute atomic E-state index is 0.208. The van der Waals surface area contributed by atoms with E-state index in [2.05, 4.69) is 0 Å². The van der Waals surface area contributed by atoms with E-state index in [4.69, 9.17) is 0 Å². The van der Waals surface area contributed by atoms with Crippen LogP contribution in [0.5, 0.6) is 0 Å². The van der Waals surface area contributed by atoms with Gasteiger partial charge < -0.3 is 14.8 Å². The molecule has 0 radical (unpaired) electrons. The molecule has 0 amide bonds. The third-order valence-electron chi connectivity index (χ3n) is 4.54. The number of aryl methyl sites for hydroxylation is 1. The van der Waals surface area contributed by atoms with Gasteiger partial charge in [-0.2, -0.15) is 0 Å². The Morgan fingerprint density at radius 3 is 2.30 bits per heavy atom. The summed E-state index contributed by atoms with van der Waals surface area (Å²) < 4.78 is 1.75. The second-order valence-electron chi connectivity index (χ2n) is 6.40. The number of hydrogen-bond acceptors (Lipinski definition) is 2. The summed E-state index contributed by atoms with van der Waals surface area (Å²) in [4.78, 5) is 23.3. The largest absolute Gasteiger partial charge is 0.478 e. The minimum atomic E-state index is -1.00. The molecule has 0 aliphatic carbocycles. The Balaban J connectivity index is 2.02. The number of carboxylic acid groups (broad SMARTS) is 2. The van der Waals surface area contributed by atoms with Gasteiger partial charge in [-0.25, -0.2) is 9.59 Å². The summed E-state index contributed by atoms with van der Waals surface area (Å²) in [6, 6.07) is 18.1. The predicted octanol–water partition coefficient (Wildman–Crippen LogP) is 4.55. The molecule has 1 aromatic heterocycles. The molecule has 138 valence electrons. The number of aromatic carboxylic acids is 2. The number of benzene rings is 2. The van der Waals surface area contributed by atoms with Gasteiger partial charge in [0.05, 0.1) is 5.56 Å². The summed E-state index contributed by atoms with van der Waals surface area (Å²) in [6.07, 6.45) is 1.66. The van der Waals surface area contributed by atoms with Crippen LogP contribution in [0.1, 0.15) is 45.4 Å². The molecular weight excluding hydrogens is 342 g/mol. The fourth-order valence-corrected chi connectivity index (χ4v) is 3.28. The van der Waals surface area contributed by atoms with E-state index in [-0.39, 0.29) is 11.3 Å². The molecular formula is C22H21NO4. The summed E-state index contributed by atoms with van der Waals surface area (Å²) in [7, 11) is 0. The molecule has 5 nitrogen and oxygen atoms in total. The number of aromatic nitrogens is 1. The van der Waals surface area contributed by atoms with Gasteiger partial charge in [0.2, 0.25) is 0 Å². The Kier molecular flexibility index (Phi) is 5.41. The molecule has 0 aliphatic rings. The lowest BCUT2D eigenvalue weighted by Crippen LogP contribution is -2.13. The van der Waals surface area contributed by atoms with Crippen molar-refractivity contribution in [2.45, 2.75) is 26.3 Å². The van der Waals surface area contributed by atoms with E-state index in [1.807, 2.05) is 49.4 Å². The average molecular weight is 363 g/mol. The minimum Gasteiger partial charge on any atom is -0.478 e. The summed E-state index contributed by atoms with van der Waals surface area (Å²) in [6.45, 7) is 2.36. The molecule has 1 heterocycles. The van der Waals surface area contributed by atoms with Gasteiger partial charge >= 0.3 is 11.9 Å². The van der Waals surface area contributed by atoms with Crippen LogP contribution in [0.25, 0.3) is 11.1 Å². The van der Waals surface area contributed by atoms with Crippen molar-refractivity contribution >= 4 is 11.9 Å². The normalized spacial score (nSPS) is 10.7. The molecule has 0 bridgehead atoms. The Labute approximate surface area is 157 Å². The predicted molar refractivity (Wildman–Crippen MR) is 103 cm³/mol. The first kappa shape index (κ1) is 18.5. The van der Waals surface area contributed by atoms with Crippen LogP contribution in [-0.4, -0.2) is 26.7 Å². The van der Waals surface area contributed by atoms with Crippen molar-refractivity contribution < 1.29 is 19.8 Å². The highest BCUT2D eigenvalue weighted by atomic mass is 16.4. The zero-order valence-electron chi connectivity index (χ0n) is 15.1. The lowest BCUT2D eigenvalue weighted by molar-refractivity contribution is 0.0678. The molecule has 0 spiro atoms. The smallest absolute Gasteiger partial charge is 0.352 e. The summed E-state index contributed by atoms with van der Waals surface area (Å²) in [5, 5.41) is 19.1. The van der Waals surface area contributed by atoms with E-state index >= 15 is 0 Å². The second kappa shape index (κ2) is 7.91. The lowest BCUT2D eigenvalue weighted by atomic mass is 9.97. The van der Waals surface area contributed by atoms with Crippen molar-refractivity contribution in [3.8, 4) is 11.1 Å². The molecule has 27 heavy (non-hydrogen) atoms. The standard InChI is InChI=1S/C22H21NO4/c1-2-6-17-10-12-20(22(26)27)23(17)14-15-9-11-18(19(13-15)21(24)25)16-7-4-3-5-8-16/h3-5,7-13H,2,6,14H2,1H3,(H,24,25)(H,26,27). The second-order valence-corrected chi connectivity index (χ2v) is 6.40. The average Bonchev–Trinajstić information content (AvgIpc) is 3.05. The monoisotopic (exact) mass is 363 g/mol. The first-order valence-electron chi connectivity index (χ1n) is 8.84. The molecule has 2 N–H and O–H groups in total. The van der Waals surface area contributed by atoms with Crippen LogP contribution in [0.3, 0.4) is 0 Å². The first-order valence-corrected chi connectivity index (χ1v) is 8.84. The van der Waals surface area contributed by atoms with E-state index in [0.29, 0.717) is 12.1 Å². The Bertz CT molecular complexity index is 973. The van der Waals surface area contributed by atoms with Crippen molar-refractivity contribution in [3.63, 3.8) is 0 Å². The van der Waals surface area contributed by atoms with Crippen LogP contribution in [0, 0.1) is 0 Å². The van der Waals surface area contributed by atoms with Crippen LogP contribution >= 0.6 is 0 Å². The van der Waals surface area contributed by atoms with Crippen molar-refractivity contribution in [3.05, 3.63) is 83.2 Å². The molecule has 0 unspecified atom stereocenters. The van der Waals surface area contributed by atoms with E-state index in [1.54, 1.807) is 22.8 Å². The maximum Gasteiger partial charge on any atom is 0.352 e. The number of hydrogen-bond donors (Lipinski definition) is 2. The number of carbonyl (C=O) groups is 2. The quantitative estimate of drug-likeness (QED) is 0.645. The van der Waals surface area contributed by atoms with Gasteiger partial charge in [-0.15, -0.1) is 0 Å². The fraction of sp³-hybridized carbons (Fsp3) is 0.182. The molecule has 3 rings (SSSR count). The van der Waals surface area contributed by atoms with Crippen LogP contribution in [0.2, 0.25) is 0 Å². The van der Waals surface area contributed by atoms with Crippen molar-refractivity contribution in [1.29, 1.82) is 0 Å². The maximum absolute atomic E-state index is 11.8. The Hall–Kier alpha value is -3.34. The number of rotatable bonds is 7. The zero-order chi connectivity index (χ0) is 19.4. The topological polar surface area (TPSA) is 79.5 Å². The molecule has 3 aromatic rings. The van der Waals surface area contributed by atoms with Gasteiger partial charge in [0.25, 0.3) is 0 Å². The van der Waals surface area contributed by atoms with Crippen LogP contribution in [-0.2, 0) is 13.0 Å². The van der Waals surface area contributed by atoms with Crippen LogP contribution in [0.15, 0.2) is 60.7 Å². The maximum atomic E-state index is 11.8. The highest BCUT2D eigenvalue weighted by molar-refractivity contribution is 5.96. The summed E-state index contributed by atoms with van der Waals surface area (Å²) in [5.41, 5.74) is 3.58. The SMILES string of the molecule is CCCc1ccc(C(=O)O)n1Cc1ccc(-c2ccccc2)c(C(=O)O)c1. The third-order valence-corrected chi connectivity index (χ3v) is 4.54. The Morgan fingerprint density at radius 2 is 1.67 bits per heavy atom. The molecule has 0 atom stereocenters. The molecule has 0 fully saturated rings. The van der Waals surface area contributed by atoms with Crippen molar-refractivity contribution in [1.82, 2.24) is 4.57 Å². The molecule has 0 saturated carbocycles. The highest BCUT2D eigenvalue weighted by Gasteiger charge is 2.16. The van der Waals surface area contributed by atoms with Crippen LogP contribution < -0.4 is 0 Å². The van der Waals surface area contributed by atoms with E-state index in [1.165, 1.54) is 0 Å². The lowest BCUT2D eigenvalue weighted by Gasteiger charge is -2.14. The van der Waals surface area contributed by atoms with Gasteiger partial charge in [0.1, 0.15) is 5.69 Å². The number of nitrogens with zero attached hydrogens (tertiary/aromatic N) is 1. The van der Waals surface area contributed by atoms with Crippen molar-refractivity contribution in [2.75, 3.05) is 0 Å². The van der Waals surface area contributed by atoms with Crippen LogP contribution in [0.4, 0.5) is 0 Å². The summed E-state index contributed by atoms with van der Waals surface area (Å²) in [5.74, 6) is -1.99. The van der Waals surface area contributed by atoms with Gasteiger partial charge in [-0.05, 0) is 41.3 Å². The summed E-state index contributed by atoms with van der Waals surface area (Å²) >= 11 is 0. The van der Waals surface area contributed by atoms with Gasteiger partial charge in [-0.3, -0.25) is 0 Å². The zero-order valence-corrected chi connectivity index (χ0v) is 15.1. The fourth-order valence-electron chi connectivity index (χ4n) is 3.28. The molecule has 0 aliphatic heterocycles. The van der Waals surface area contributed by atoms with Gasteiger partial charge in [-0.1, -0.05) is 55.8 Å². The molecule has 2 aromatic carbocycles. The first-order chi connectivity index (χ1) is 13.0.